The maximum atomic E-state index is 12.3. The van der Waals surface area contributed by atoms with Crippen LogP contribution in [0.5, 0.6) is 0 Å². The lowest BCUT2D eigenvalue weighted by molar-refractivity contribution is -0.161. The molecule has 0 aromatic rings. The van der Waals surface area contributed by atoms with E-state index in [0.29, 0.717) is 12.8 Å². The van der Waals surface area contributed by atoms with Gasteiger partial charge in [-0.3, -0.25) is 9.59 Å². The maximum Gasteiger partial charge on any atom is 0.306 e. The molecule has 370 valence electrons. The summed E-state index contributed by atoms with van der Waals surface area (Å²) in [7, 11) is 0. The number of aliphatic hydroxyl groups is 1. The number of allylic oxidation sites excluding steroid dienone is 24. The van der Waals surface area contributed by atoms with Gasteiger partial charge >= 0.3 is 11.9 Å². The molecule has 0 aromatic heterocycles. The zero-order valence-electron chi connectivity index (χ0n) is 42.1. The molecule has 0 saturated heterocycles. The third kappa shape index (κ3) is 52.4. The molecule has 1 atom stereocenters. The minimum absolute atomic E-state index is 0.0962. The molecule has 0 bridgehead atoms. The summed E-state index contributed by atoms with van der Waals surface area (Å²) in [5, 5.41) is 9.61. The molecule has 66 heavy (non-hydrogen) atoms. The van der Waals surface area contributed by atoms with Crippen LogP contribution in [0.15, 0.2) is 146 Å². The minimum atomic E-state index is -0.800. The molecular weight excluding hydrogens is 813 g/mol. The summed E-state index contributed by atoms with van der Waals surface area (Å²) in [6, 6.07) is 0. The topological polar surface area (TPSA) is 72.8 Å². The number of aliphatic hydroxyl groups excluding tert-OH is 1. The van der Waals surface area contributed by atoms with E-state index in [4.69, 9.17) is 9.47 Å². The van der Waals surface area contributed by atoms with E-state index in [2.05, 4.69) is 160 Å². The molecule has 0 saturated carbocycles. The monoisotopic (exact) mass is 909 g/mol. The SMILES string of the molecule is CC/C=C\C/C=C\C/C=C\C/C=C\C/C=C\C/C=C\C/C=C\C/C=C\CCCCCCCCCCCCCCC(=O)OC(CO)COC(=O)CCCC/C=C\C/C=C\C/C=C\C/C=C\CC. The highest BCUT2D eigenvalue weighted by molar-refractivity contribution is 5.70. The number of hydrogen-bond acceptors (Lipinski definition) is 5. The molecule has 0 heterocycles. The van der Waals surface area contributed by atoms with Gasteiger partial charge in [0.1, 0.15) is 6.61 Å². The summed E-state index contributed by atoms with van der Waals surface area (Å²) in [6.45, 7) is 3.86. The van der Waals surface area contributed by atoms with Gasteiger partial charge < -0.3 is 14.6 Å². The highest BCUT2D eigenvalue weighted by Gasteiger charge is 2.16. The first-order valence-electron chi connectivity index (χ1n) is 26.4. The molecule has 0 aliphatic carbocycles. The van der Waals surface area contributed by atoms with E-state index in [1.807, 2.05) is 0 Å². The molecule has 1 N–H and O–H groups in total. The molecular formula is C61H96O5. The highest BCUT2D eigenvalue weighted by Crippen LogP contribution is 2.14. The summed E-state index contributed by atoms with van der Waals surface area (Å²) < 4.78 is 10.6. The van der Waals surface area contributed by atoms with Crippen molar-refractivity contribution in [2.45, 2.75) is 213 Å². The van der Waals surface area contributed by atoms with Crippen molar-refractivity contribution in [2.24, 2.45) is 0 Å². The summed E-state index contributed by atoms with van der Waals surface area (Å²) >= 11 is 0. The van der Waals surface area contributed by atoms with Gasteiger partial charge in [0.05, 0.1) is 6.61 Å². The summed E-state index contributed by atoms with van der Waals surface area (Å²) in [5.74, 6) is -0.652. The fraction of sp³-hybridized carbons (Fsp3) is 0.574. The van der Waals surface area contributed by atoms with Crippen molar-refractivity contribution in [2.75, 3.05) is 13.2 Å². The number of carbonyl (C=O) groups excluding carboxylic acids is 2. The number of esters is 2. The molecule has 0 aliphatic rings. The van der Waals surface area contributed by atoms with Crippen molar-refractivity contribution in [3.05, 3.63) is 146 Å². The van der Waals surface area contributed by atoms with Crippen LogP contribution >= 0.6 is 0 Å². The average molecular weight is 909 g/mol. The Morgan fingerprint density at radius 3 is 0.939 bits per heavy atom. The molecule has 0 aromatic carbocycles. The average Bonchev–Trinajstić information content (AvgIpc) is 3.32. The van der Waals surface area contributed by atoms with Gasteiger partial charge in [-0.15, -0.1) is 0 Å². The first-order valence-corrected chi connectivity index (χ1v) is 26.4. The second-order valence-electron chi connectivity index (χ2n) is 16.8. The van der Waals surface area contributed by atoms with Crippen LogP contribution in [0.1, 0.15) is 206 Å². The zero-order chi connectivity index (χ0) is 47.7. The lowest BCUT2D eigenvalue weighted by Gasteiger charge is -2.15. The van der Waals surface area contributed by atoms with Crippen molar-refractivity contribution in [1.29, 1.82) is 0 Å². The van der Waals surface area contributed by atoms with Gasteiger partial charge in [-0.25, -0.2) is 0 Å². The van der Waals surface area contributed by atoms with E-state index in [1.54, 1.807) is 0 Å². The number of rotatable bonds is 46. The van der Waals surface area contributed by atoms with Crippen molar-refractivity contribution < 1.29 is 24.2 Å². The molecule has 0 spiro atoms. The molecule has 0 aliphatic heterocycles. The fourth-order valence-electron chi connectivity index (χ4n) is 6.74. The van der Waals surface area contributed by atoms with E-state index in [-0.39, 0.29) is 25.2 Å². The van der Waals surface area contributed by atoms with Crippen LogP contribution in [0.4, 0.5) is 0 Å². The number of unbranched alkanes of at least 4 members (excludes halogenated alkanes) is 14. The molecule has 1 unspecified atom stereocenters. The number of hydrogen-bond donors (Lipinski definition) is 1. The van der Waals surface area contributed by atoms with E-state index in [9.17, 15) is 14.7 Å². The van der Waals surface area contributed by atoms with Crippen molar-refractivity contribution in [3.8, 4) is 0 Å². The van der Waals surface area contributed by atoms with Gasteiger partial charge in [0.2, 0.25) is 0 Å². The Kier molecular flexibility index (Phi) is 51.6. The Hall–Kier alpha value is -4.22. The Balaban J connectivity index is 3.59. The Labute approximate surface area is 406 Å². The second-order valence-corrected chi connectivity index (χ2v) is 16.8. The zero-order valence-corrected chi connectivity index (χ0v) is 42.1. The van der Waals surface area contributed by atoms with E-state index < -0.39 is 6.10 Å². The summed E-state index contributed by atoms with van der Waals surface area (Å²) in [5.41, 5.74) is 0. The lowest BCUT2D eigenvalue weighted by atomic mass is 10.0. The van der Waals surface area contributed by atoms with Crippen LogP contribution in [0, 0.1) is 0 Å². The van der Waals surface area contributed by atoms with E-state index in [0.717, 1.165) is 116 Å². The Bertz CT molecular complexity index is 1450. The first kappa shape index (κ1) is 61.8. The third-order valence-electron chi connectivity index (χ3n) is 10.6. The van der Waals surface area contributed by atoms with Crippen LogP contribution in [-0.2, 0) is 19.1 Å². The molecule has 0 fully saturated rings. The van der Waals surface area contributed by atoms with E-state index >= 15 is 0 Å². The Morgan fingerprint density at radius 1 is 0.348 bits per heavy atom. The molecule has 5 heteroatoms. The normalized spacial score (nSPS) is 13.4. The number of ether oxygens (including phenoxy) is 2. The first-order chi connectivity index (χ1) is 32.6. The number of carbonyl (C=O) groups is 2. The van der Waals surface area contributed by atoms with Gasteiger partial charge in [0.25, 0.3) is 0 Å². The highest BCUT2D eigenvalue weighted by atomic mass is 16.6. The van der Waals surface area contributed by atoms with Crippen LogP contribution in [0.2, 0.25) is 0 Å². The van der Waals surface area contributed by atoms with Crippen molar-refractivity contribution in [1.82, 2.24) is 0 Å². The van der Waals surface area contributed by atoms with Gasteiger partial charge in [-0.1, -0.05) is 224 Å². The predicted octanol–water partition coefficient (Wildman–Crippen LogP) is 17.9. The van der Waals surface area contributed by atoms with Crippen LogP contribution in [0.3, 0.4) is 0 Å². The van der Waals surface area contributed by atoms with Crippen LogP contribution in [0.25, 0.3) is 0 Å². The molecule has 0 rings (SSSR count). The Morgan fingerprint density at radius 2 is 0.606 bits per heavy atom. The minimum Gasteiger partial charge on any atom is -0.462 e. The third-order valence-corrected chi connectivity index (χ3v) is 10.6. The van der Waals surface area contributed by atoms with Crippen molar-refractivity contribution in [3.63, 3.8) is 0 Å². The summed E-state index contributed by atoms with van der Waals surface area (Å²) in [4.78, 5) is 24.4. The van der Waals surface area contributed by atoms with Crippen LogP contribution < -0.4 is 0 Å². The van der Waals surface area contributed by atoms with E-state index in [1.165, 1.54) is 64.2 Å². The molecule has 0 amide bonds. The molecule has 5 nitrogen and oxygen atoms in total. The van der Waals surface area contributed by atoms with Gasteiger partial charge in [-0.2, -0.15) is 0 Å². The fourth-order valence-corrected chi connectivity index (χ4v) is 6.74. The predicted molar refractivity (Wildman–Crippen MR) is 287 cm³/mol. The smallest absolute Gasteiger partial charge is 0.306 e. The van der Waals surface area contributed by atoms with Crippen LogP contribution in [-0.4, -0.2) is 36.4 Å². The maximum absolute atomic E-state index is 12.3. The summed E-state index contributed by atoms with van der Waals surface area (Å²) in [6.07, 6.45) is 83.8. The quantitative estimate of drug-likeness (QED) is 0.0374. The van der Waals surface area contributed by atoms with Gasteiger partial charge in [0, 0.05) is 12.8 Å². The van der Waals surface area contributed by atoms with Gasteiger partial charge in [0.15, 0.2) is 6.10 Å². The largest absolute Gasteiger partial charge is 0.462 e. The second kappa shape index (κ2) is 55.1. The standard InChI is InChI=1S/C61H96O5/c1-3-5-7-9-11-13-15-17-19-20-21-22-23-24-25-26-27-28-29-30-31-32-33-34-35-36-37-38-39-40-42-44-46-48-50-52-54-56-61(64)66-59(57-62)58-65-60(63)55-53-51-49-47-45-43-41-18-16-14-12-10-8-6-4-2/h5-8,11-14,17-19,21-22,24-25,27-28,30-31,33-34,41,45,47,59,62H,3-4,9-10,15-16,20,23,26,29,32,35-40,42-44,46,48-58H2,1-2H3/b7-5-,8-6-,13-11-,14-12-,19-17-,22-21-,25-24-,28-27-,31-30-,34-33-,41-18-,47-45-. The van der Waals surface area contributed by atoms with Crippen molar-refractivity contribution >= 4 is 11.9 Å². The van der Waals surface area contributed by atoms with Gasteiger partial charge in [-0.05, 0) is 116 Å². The molecule has 0 radical (unpaired) electrons. The lowest BCUT2D eigenvalue weighted by Crippen LogP contribution is -2.28.